The Hall–Kier alpha value is -1.84. The van der Waals surface area contributed by atoms with E-state index in [1.807, 2.05) is 39.0 Å². The molecule has 0 aliphatic carbocycles. The maximum atomic E-state index is 11.1. The number of carboxylic acids is 1. The van der Waals surface area contributed by atoms with Crippen molar-refractivity contribution in [1.29, 1.82) is 0 Å². The van der Waals surface area contributed by atoms with Gasteiger partial charge in [-0.1, -0.05) is 11.6 Å². The average molecular weight is 218 g/mol. The lowest BCUT2D eigenvalue weighted by Crippen LogP contribution is -2.05. The SMILES string of the molecule is Cc1ccc2c(c1)c(C(=O)O)nn2C(C)C. The number of aromatic carboxylic acids is 1. The fourth-order valence-corrected chi connectivity index (χ4v) is 1.81. The first-order chi connectivity index (χ1) is 7.50. The summed E-state index contributed by atoms with van der Waals surface area (Å²) < 4.78 is 1.75. The molecule has 0 radical (unpaired) electrons. The summed E-state index contributed by atoms with van der Waals surface area (Å²) in [4.78, 5) is 11.1. The molecule has 0 bridgehead atoms. The molecule has 0 saturated carbocycles. The van der Waals surface area contributed by atoms with Crippen LogP contribution in [-0.2, 0) is 0 Å². The Labute approximate surface area is 93.5 Å². The number of benzene rings is 1. The van der Waals surface area contributed by atoms with Crippen molar-refractivity contribution in [3.8, 4) is 0 Å². The Kier molecular flexibility index (Phi) is 2.42. The highest BCUT2D eigenvalue weighted by molar-refractivity contribution is 6.01. The van der Waals surface area contributed by atoms with Crippen molar-refractivity contribution >= 4 is 16.9 Å². The van der Waals surface area contributed by atoms with Gasteiger partial charge < -0.3 is 5.11 Å². The van der Waals surface area contributed by atoms with Gasteiger partial charge in [0.15, 0.2) is 5.69 Å². The molecule has 1 heterocycles. The van der Waals surface area contributed by atoms with E-state index in [0.717, 1.165) is 11.1 Å². The van der Waals surface area contributed by atoms with Crippen LogP contribution in [0, 0.1) is 6.92 Å². The molecule has 4 heteroatoms. The highest BCUT2D eigenvalue weighted by atomic mass is 16.4. The van der Waals surface area contributed by atoms with Crippen molar-refractivity contribution in [2.75, 3.05) is 0 Å². The summed E-state index contributed by atoms with van der Waals surface area (Å²) in [6, 6.07) is 5.90. The lowest BCUT2D eigenvalue weighted by atomic mass is 10.1. The van der Waals surface area contributed by atoms with Crippen molar-refractivity contribution in [3.63, 3.8) is 0 Å². The van der Waals surface area contributed by atoms with Crippen LogP contribution in [0.5, 0.6) is 0 Å². The molecule has 0 aliphatic heterocycles. The molecule has 0 saturated heterocycles. The van der Waals surface area contributed by atoms with Crippen LogP contribution in [0.15, 0.2) is 18.2 Å². The summed E-state index contributed by atoms with van der Waals surface area (Å²) >= 11 is 0. The molecular weight excluding hydrogens is 204 g/mol. The Morgan fingerprint density at radius 3 is 2.69 bits per heavy atom. The fraction of sp³-hybridized carbons (Fsp3) is 0.333. The van der Waals surface area contributed by atoms with Crippen molar-refractivity contribution < 1.29 is 9.90 Å². The Bertz CT molecular complexity index is 555. The minimum Gasteiger partial charge on any atom is -0.476 e. The standard InChI is InChI=1S/C12H14N2O2/c1-7(2)14-10-5-4-8(3)6-9(10)11(13-14)12(15)16/h4-7H,1-3H3,(H,15,16). The Morgan fingerprint density at radius 1 is 1.44 bits per heavy atom. The molecule has 1 aromatic heterocycles. The largest absolute Gasteiger partial charge is 0.476 e. The maximum Gasteiger partial charge on any atom is 0.357 e. The van der Waals surface area contributed by atoms with E-state index in [4.69, 9.17) is 5.11 Å². The summed E-state index contributed by atoms with van der Waals surface area (Å²) in [6.45, 7) is 5.91. The van der Waals surface area contributed by atoms with E-state index in [-0.39, 0.29) is 11.7 Å². The number of fused-ring (bicyclic) bond motifs is 1. The number of aromatic nitrogens is 2. The van der Waals surface area contributed by atoms with Crippen molar-refractivity contribution in [2.45, 2.75) is 26.8 Å². The van der Waals surface area contributed by atoms with Crippen LogP contribution in [0.25, 0.3) is 10.9 Å². The van der Waals surface area contributed by atoms with E-state index in [0.29, 0.717) is 5.39 Å². The first-order valence-corrected chi connectivity index (χ1v) is 5.23. The van der Waals surface area contributed by atoms with Gasteiger partial charge >= 0.3 is 5.97 Å². The van der Waals surface area contributed by atoms with Gasteiger partial charge in [-0.15, -0.1) is 0 Å². The van der Waals surface area contributed by atoms with Crippen molar-refractivity contribution in [3.05, 3.63) is 29.5 Å². The van der Waals surface area contributed by atoms with Gasteiger partial charge in [0.25, 0.3) is 0 Å². The van der Waals surface area contributed by atoms with Crippen LogP contribution < -0.4 is 0 Å². The van der Waals surface area contributed by atoms with Crippen LogP contribution >= 0.6 is 0 Å². The summed E-state index contributed by atoms with van der Waals surface area (Å²) in [7, 11) is 0. The average Bonchev–Trinajstić information content (AvgIpc) is 2.56. The van der Waals surface area contributed by atoms with Crippen LogP contribution in [0.2, 0.25) is 0 Å². The van der Waals surface area contributed by atoms with Gasteiger partial charge in [0, 0.05) is 11.4 Å². The normalized spacial score (nSPS) is 11.2. The van der Waals surface area contributed by atoms with Gasteiger partial charge in [-0.2, -0.15) is 5.10 Å². The third-order valence-electron chi connectivity index (χ3n) is 2.55. The molecule has 0 fully saturated rings. The third-order valence-corrected chi connectivity index (χ3v) is 2.55. The second-order valence-corrected chi connectivity index (χ2v) is 4.21. The smallest absolute Gasteiger partial charge is 0.357 e. The zero-order chi connectivity index (χ0) is 11.9. The summed E-state index contributed by atoms with van der Waals surface area (Å²) in [6.07, 6.45) is 0. The van der Waals surface area contributed by atoms with Gasteiger partial charge in [-0.25, -0.2) is 4.79 Å². The summed E-state index contributed by atoms with van der Waals surface area (Å²) in [5, 5.41) is 13.9. The molecule has 0 unspecified atom stereocenters. The molecule has 0 amide bonds. The highest BCUT2D eigenvalue weighted by Crippen LogP contribution is 2.23. The zero-order valence-electron chi connectivity index (χ0n) is 9.56. The predicted molar refractivity (Wildman–Crippen MR) is 61.8 cm³/mol. The van der Waals surface area contributed by atoms with Gasteiger partial charge in [-0.3, -0.25) is 4.68 Å². The van der Waals surface area contributed by atoms with Crippen LogP contribution in [0.1, 0.15) is 35.9 Å². The molecule has 0 spiro atoms. The van der Waals surface area contributed by atoms with E-state index >= 15 is 0 Å². The first kappa shape index (κ1) is 10.7. The Balaban J connectivity index is 2.81. The lowest BCUT2D eigenvalue weighted by molar-refractivity contribution is 0.0691. The first-order valence-electron chi connectivity index (χ1n) is 5.23. The minimum atomic E-state index is -0.977. The highest BCUT2D eigenvalue weighted by Gasteiger charge is 2.17. The van der Waals surface area contributed by atoms with Crippen LogP contribution in [0.3, 0.4) is 0 Å². The molecule has 16 heavy (non-hydrogen) atoms. The van der Waals surface area contributed by atoms with E-state index in [2.05, 4.69) is 5.10 Å². The number of carboxylic acid groups (broad SMARTS) is 1. The summed E-state index contributed by atoms with van der Waals surface area (Å²) in [5.74, 6) is -0.977. The number of nitrogens with zero attached hydrogens (tertiary/aromatic N) is 2. The number of hydrogen-bond donors (Lipinski definition) is 1. The van der Waals surface area contributed by atoms with E-state index in [1.54, 1.807) is 4.68 Å². The van der Waals surface area contributed by atoms with Gasteiger partial charge in [0.1, 0.15) is 0 Å². The number of rotatable bonds is 2. The molecule has 2 aromatic rings. The second-order valence-electron chi connectivity index (χ2n) is 4.21. The molecule has 0 aliphatic rings. The number of aryl methyl sites for hydroxylation is 1. The quantitative estimate of drug-likeness (QED) is 0.843. The van der Waals surface area contributed by atoms with Crippen molar-refractivity contribution in [1.82, 2.24) is 9.78 Å². The van der Waals surface area contributed by atoms with Gasteiger partial charge in [0.2, 0.25) is 0 Å². The fourth-order valence-electron chi connectivity index (χ4n) is 1.81. The minimum absolute atomic E-state index is 0.132. The molecular formula is C12H14N2O2. The van der Waals surface area contributed by atoms with Crippen LogP contribution in [0.4, 0.5) is 0 Å². The molecule has 84 valence electrons. The lowest BCUT2D eigenvalue weighted by Gasteiger charge is -2.06. The second kappa shape index (κ2) is 3.63. The van der Waals surface area contributed by atoms with Crippen LogP contribution in [-0.4, -0.2) is 20.9 Å². The number of carbonyl (C=O) groups is 1. The summed E-state index contributed by atoms with van der Waals surface area (Å²) in [5.41, 5.74) is 2.05. The van der Waals surface area contributed by atoms with E-state index in [9.17, 15) is 4.79 Å². The van der Waals surface area contributed by atoms with Gasteiger partial charge in [-0.05, 0) is 32.9 Å². The Morgan fingerprint density at radius 2 is 2.12 bits per heavy atom. The topological polar surface area (TPSA) is 55.1 Å². The molecule has 0 atom stereocenters. The van der Waals surface area contributed by atoms with E-state index < -0.39 is 5.97 Å². The predicted octanol–water partition coefficient (Wildman–Crippen LogP) is 2.62. The molecule has 2 rings (SSSR count). The molecule has 4 nitrogen and oxygen atoms in total. The van der Waals surface area contributed by atoms with Crippen molar-refractivity contribution in [2.24, 2.45) is 0 Å². The molecule has 1 aromatic carbocycles. The monoisotopic (exact) mass is 218 g/mol. The zero-order valence-corrected chi connectivity index (χ0v) is 9.56. The third kappa shape index (κ3) is 1.56. The molecule has 1 N–H and O–H groups in total. The number of hydrogen-bond acceptors (Lipinski definition) is 2. The maximum absolute atomic E-state index is 11.1. The van der Waals surface area contributed by atoms with E-state index in [1.165, 1.54) is 0 Å². The van der Waals surface area contributed by atoms with Gasteiger partial charge in [0.05, 0.1) is 5.52 Å².